The van der Waals surface area contributed by atoms with Crippen LogP contribution in [0.2, 0.25) is 0 Å². The Hall–Kier alpha value is -0.403. The normalized spacial score (nSPS) is 13.1. The minimum Gasteiger partial charge on any atom is -1.00 e. The first-order valence-corrected chi connectivity index (χ1v) is 10.8. The minimum absolute atomic E-state index is 0. The van der Waals surface area contributed by atoms with E-state index in [1.807, 2.05) is 20.8 Å². The van der Waals surface area contributed by atoms with E-state index in [0.717, 1.165) is 13.0 Å². The number of halogens is 1. The number of rotatable bonds is 12. The average Bonchev–Trinajstić information content (AvgIpc) is 2.95. The van der Waals surface area contributed by atoms with Crippen LogP contribution in [0.1, 0.15) is 60.0 Å². The SMILES string of the molecule is CCO[Si](OCC)(OCC)C(CC)n1cc[n+](CCC(C)C)c1.[Cl-]. The second-order valence-electron chi connectivity index (χ2n) is 6.11. The first-order chi connectivity index (χ1) is 11.0. The number of nitrogens with zero attached hydrogens (tertiary/aromatic N) is 2. The van der Waals surface area contributed by atoms with E-state index in [4.69, 9.17) is 13.3 Å². The molecule has 1 heterocycles. The molecule has 1 atom stereocenters. The van der Waals surface area contributed by atoms with Crippen LogP contribution in [0, 0.1) is 5.92 Å². The number of aromatic nitrogens is 2. The van der Waals surface area contributed by atoms with Crippen molar-refractivity contribution in [3.8, 4) is 0 Å². The molecule has 5 nitrogen and oxygen atoms in total. The Morgan fingerprint density at radius 3 is 1.96 bits per heavy atom. The van der Waals surface area contributed by atoms with E-state index < -0.39 is 8.80 Å². The molecule has 0 fully saturated rings. The van der Waals surface area contributed by atoms with E-state index in [1.54, 1.807) is 0 Å². The molecule has 0 aliphatic rings. The van der Waals surface area contributed by atoms with Gasteiger partial charge in [0.15, 0.2) is 5.67 Å². The highest BCUT2D eigenvalue weighted by Crippen LogP contribution is 2.28. The third-order valence-corrected chi connectivity index (χ3v) is 7.46. The van der Waals surface area contributed by atoms with Crippen LogP contribution >= 0.6 is 0 Å². The zero-order valence-electron chi connectivity index (χ0n) is 16.1. The van der Waals surface area contributed by atoms with Gasteiger partial charge in [0.25, 0.3) is 0 Å². The van der Waals surface area contributed by atoms with Crippen LogP contribution in [0.4, 0.5) is 0 Å². The quantitative estimate of drug-likeness (QED) is 0.389. The first kappa shape index (κ1) is 23.6. The molecule has 0 N–H and O–H groups in total. The molecule has 0 aliphatic carbocycles. The third kappa shape index (κ3) is 6.48. The van der Waals surface area contributed by atoms with Gasteiger partial charge in [-0.3, -0.25) is 0 Å². The van der Waals surface area contributed by atoms with Crippen LogP contribution in [-0.4, -0.2) is 33.2 Å². The van der Waals surface area contributed by atoms with Crippen LogP contribution in [0.3, 0.4) is 0 Å². The maximum absolute atomic E-state index is 6.09. The minimum atomic E-state index is -2.75. The first-order valence-electron chi connectivity index (χ1n) is 9.01. The monoisotopic (exact) mass is 378 g/mol. The predicted molar refractivity (Wildman–Crippen MR) is 94.0 cm³/mol. The lowest BCUT2D eigenvalue weighted by Crippen LogP contribution is -3.00. The molecular formula is C17H35ClN2O3Si. The number of hydrogen-bond donors (Lipinski definition) is 0. The summed E-state index contributed by atoms with van der Waals surface area (Å²) in [6.07, 6.45) is 8.51. The van der Waals surface area contributed by atoms with Crippen molar-refractivity contribution in [1.29, 1.82) is 0 Å². The Kier molecular flexibility index (Phi) is 11.8. The van der Waals surface area contributed by atoms with E-state index in [-0.39, 0.29) is 18.1 Å². The van der Waals surface area contributed by atoms with Gasteiger partial charge in [-0.1, -0.05) is 20.8 Å². The van der Waals surface area contributed by atoms with Crippen molar-refractivity contribution in [3.63, 3.8) is 0 Å². The van der Waals surface area contributed by atoms with Gasteiger partial charge in [0.1, 0.15) is 12.4 Å². The van der Waals surface area contributed by atoms with Crippen molar-refractivity contribution in [2.24, 2.45) is 5.92 Å². The number of hydrogen-bond acceptors (Lipinski definition) is 3. The standard InChI is InChI=1S/C17H35N2O3Si.ClH/c1-7-17(23(20-8-2,21-9-3)22-10-4)19-14-13-18(15-19)12-11-16(5)6;/h13-17H,7-12H2,1-6H3;1H/q+1;/p-1. The fraction of sp³-hybridized carbons (Fsp3) is 0.824. The Balaban J connectivity index is 0.00000529. The maximum Gasteiger partial charge on any atom is 0.548 e. The van der Waals surface area contributed by atoms with E-state index in [0.29, 0.717) is 25.7 Å². The van der Waals surface area contributed by atoms with Crippen LogP contribution in [-0.2, 0) is 19.8 Å². The van der Waals surface area contributed by atoms with Crippen LogP contribution in [0.5, 0.6) is 0 Å². The zero-order valence-corrected chi connectivity index (χ0v) is 17.9. The second-order valence-corrected chi connectivity index (χ2v) is 8.85. The predicted octanol–water partition coefficient (Wildman–Crippen LogP) is 0.364. The molecule has 1 aromatic rings. The van der Waals surface area contributed by atoms with Gasteiger partial charge >= 0.3 is 8.80 Å². The molecule has 0 aliphatic heterocycles. The number of aryl methyl sites for hydroxylation is 1. The molecular weight excluding hydrogens is 344 g/mol. The van der Waals surface area contributed by atoms with Gasteiger partial charge in [-0.25, -0.2) is 9.13 Å². The largest absolute Gasteiger partial charge is 1.00 e. The van der Waals surface area contributed by atoms with E-state index in [9.17, 15) is 0 Å². The molecule has 0 bridgehead atoms. The molecule has 1 unspecified atom stereocenters. The smallest absolute Gasteiger partial charge is 0.548 e. The van der Waals surface area contributed by atoms with E-state index >= 15 is 0 Å². The van der Waals surface area contributed by atoms with Gasteiger partial charge in [0.05, 0.1) is 6.54 Å². The van der Waals surface area contributed by atoms with Gasteiger partial charge in [0, 0.05) is 19.8 Å². The molecule has 0 spiro atoms. The summed E-state index contributed by atoms with van der Waals surface area (Å²) in [5.41, 5.74) is 0.114. The van der Waals surface area contributed by atoms with Gasteiger partial charge in [0.2, 0.25) is 6.33 Å². The van der Waals surface area contributed by atoms with Crippen molar-refractivity contribution >= 4 is 8.80 Å². The molecule has 0 saturated carbocycles. The van der Waals surface area contributed by atoms with Gasteiger partial charge < -0.3 is 25.7 Å². The molecule has 1 rings (SSSR count). The van der Waals surface area contributed by atoms with Crippen molar-refractivity contribution in [1.82, 2.24) is 4.57 Å². The van der Waals surface area contributed by atoms with Gasteiger partial charge in [-0.2, -0.15) is 0 Å². The highest BCUT2D eigenvalue weighted by molar-refractivity contribution is 6.61. The summed E-state index contributed by atoms with van der Waals surface area (Å²) in [6, 6.07) is 0. The summed E-state index contributed by atoms with van der Waals surface area (Å²) in [7, 11) is -2.75. The summed E-state index contributed by atoms with van der Waals surface area (Å²) in [5.74, 6) is 0.705. The molecule has 0 amide bonds. The maximum atomic E-state index is 6.09. The van der Waals surface area contributed by atoms with Crippen LogP contribution in [0.15, 0.2) is 18.7 Å². The number of imidazole rings is 1. The Labute approximate surface area is 155 Å². The lowest BCUT2D eigenvalue weighted by Gasteiger charge is -2.32. The third-order valence-electron chi connectivity index (χ3n) is 3.87. The van der Waals surface area contributed by atoms with Gasteiger partial charge in [-0.05, 0) is 39.5 Å². The summed E-state index contributed by atoms with van der Waals surface area (Å²) in [4.78, 5) is 0. The van der Waals surface area contributed by atoms with E-state index in [1.165, 1.54) is 6.42 Å². The molecule has 7 heteroatoms. The summed E-state index contributed by atoms with van der Waals surface area (Å²) < 4.78 is 22.7. The Bertz CT molecular complexity index is 426. The second kappa shape index (κ2) is 12.0. The zero-order chi connectivity index (χ0) is 17.3. The highest BCUT2D eigenvalue weighted by Gasteiger charge is 2.52. The summed E-state index contributed by atoms with van der Waals surface area (Å²) >= 11 is 0. The van der Waals surface area contributed by atoms with Crippen molar-refractivity contribution in [2.45, 2.75) is 66.6 Å². The van der Waals surface area contributed by atoms with Crippen LogP contribution in [0.25, 0.3) is 0 Å². The molecule has 0 radical (unpaired) electrons. The summed E-state index contributed by atoms with van der Waals surface area (Å²) in [6.45, 7) is 15.6. The molecule has 24 heavy (non-hydrogen) atoms. The Morgan fingerprint density at radius 1 is 1.00 bits per heavy atom. The molecule has 0 saturated heterocycles. The van der Waals surface area contributed by atoms with Crippen LogP contribution < -0.4 is 17.0 Å². The van der Waals surface area contributed by atoms with Crippen molar-refractivity contribution < 1.29 is 30.3 Å². The topological polar surface area (TPSA) is 36.5 Å². The lowest BCUT2D eigenvalue weighted by atomic mass is 10.1. The molecule has 142 valence electrons. The Morgan fingerprint density at radius 2 is 1.54 bits per heavy atom. The lowest BCUT2D eigenvalue weighted by molar-refractivity contribution is -0.697. The van der Waals surface area contributed by atoms with Gasteiger partial charge in [-0.15, -0.1) is 0 Å². The molecule has 1 aromatic heterocycles. The molecule has 0 aromatic carbocycles. The van der Waals surface area contributed by atoms with E-state index in [2.05, 4.69) is 48.6 Å². The van der Waals surface area contributed by atoms with Crippen molar-refractivity contribution in [2.75, 3.05) is 19.8 Å². The summed E-state index contributed by atoms with van der Waals surface area (Å²) in [5, 5.41) is 0. The highest BCUT2D eigenvalue weighted by atomic mass is 35.5. The average molecular weight is 379 g/mol. The fourth-order valence-electron chi connectivity index (χ4n) is 2.80. The van der Waals surface area contributed by atoms with Crippen molar-refractivity contribution in [3.05, 3.63) is 18.7 Å². The fourth-order valence-corrected chi connectivity index (χ4v) is 5.85.